The molecular formula is C15H24ClN3. The Morgan fingerprint density at radius 2 is 2.21 bits per heavy atom. The largest absolute Gasteiger partial charge is 0.353 e. The minimum absolute atomic E-state index is 0.106. The fourth-order valence-electron chi connectivity index (χ4n) is 2.39. The van der Waals surface area contributed by atoms with Gasteiger partial charge in [-0.2, -0.15) is 0 Å². The van der Waals surface area contributed by atoms with Crippen LogP contribution in [0.2, 0.25) is 5.02 Å². The minimum atomic E-state index is 0.106. The molecule has 2 rings (SSSR count). The maximum Gasteiger partial charge on any atom is 0.147 e. The number of rotatable bonds is 3. The molecule has 1 fully saturated rings. The summed E-state index contributed by atoms with van der Waals surface area (Å²) in [5, 5.41) is 4.22. The molecule has 1 atom stereocenters. The Kier molecular flexibility index (Phi) is 4.36. The van der Waals surface area contributed by atoms with Gasteiger partial charge in [-0.15, -0.1) is 0 Å². The number of pyridine rings is 1. The Bertz CT molecular complexity index is 440. The van der Waals surface area contributed by atoms with Gasteiger partial charge in [-0.05, 0) is 52.2 Å². The lowest BCUT2D eigenvalue weighted by molar-refractivity contribution is 0.424. The van der Waals surface area contributed by atoms with E-state index in [-0.39, 0.29) is 5.54 Å². The van der Waals surface area contributed by atoms with Crippen molar-refractivity contribution >= 4 is 17.4 Å². The third-order valence-electron chi connectivity index (χ3n) is 3.53. The zero-order valence-corrected chi connectivity index (χ0v) is 13.1. The third-order valence-corrected chi connectivity index (χ3v) is 3.80. The van der Waals surface area contributed by atoms with Crippen molar-refractivity contribution in [2.45, 2.75) is 58.7 Å². The fraction of sp³-hybridized carbons (Fsp3) is 0.667. The van der Waals surface area contributed by atoms with Crippen molar-refractivity contribution in [1.82, 2.24) is 10.3 Å². The molecule has 4 heteroatoms. The summed E-state index contributed by atoms with van der Waals surface area (Å²) in [6, 6.07) is 2.58. The number of halogens is 1. The first-order chi connectivity index (χ1) is 8.87. The normalized spacial score (nSPS) is 20.1. The molecule has 0 aliphatic carbocycles. The number of anilines is 1. The quantitative estimate of drug-likeness (QED) is 0.917. The predicted octanol–water partition coefficient (Wildman–Crippen LogP) is 3.61. The second-order valence-electron chi connectivity index (χ2n) is 6.44. The van der Waals surface area contributed by atoms with E-state index in [0.29, 0.717) is 6.04 Å². The van der Waals surface area contributed by atoms with Gasteiger partial charge in [-0.1, -0.05) is 11.6 Å². The van der Waals surface area contributed by atoms with Gasteiger partial charge in [-0.25, -0.2) is 4.98 Å². The molecule has 1 aromatic heterocycles. The molecule has 0 radical (unpaired) electrons. The molecule has 3 nitrogen and oxygen atoms in total. The van der Waals surface area contributed by atoms with Crippen molar-refractivity contribution in [2.24, 2.45) is 0 Å². The summed E-state index contributed by atoms with van der Waals surface area (Å²) < 4.78 is 0. The van der Waals surface area contributed by atoms with E-state index in [2.05, 4.69) is 42.9 Å². The van der Waals surface area contributed by atoms with Crippen LogP contribution in [0, 0.1) is 0 Å². The summed E-state index contributed by atoms with van der Waals surface area (Å²) >= 11 is 6.39. The predicted molar refractivity (Wildman–Crippen MR) is 81.9 cm³/mol. The maximum atomic E-state index is 6.39. The van der Waals surface area contributed by atoms with Crippen molar-refractivity contribution in [3.63, 3.8) is 0 Å². The van der Waals surface area contributed by atoms with Gasteiger partial charge in [-0.3, -0.25) is 0 Å². The van der Waals surface area contributed by atoms with E-state index in [4.69, 9.17) is 11.6 Å². The van der Waals surface area contributed by atoms with Crippen LogP contribution in [0.5, 0.6) is 0 Å². The minimum Gasteiger partial charge on any atom is -0.353 e. The van der Waals surface area contributed by atoms with Gasteiger partial charge in [0.15, 0.2) is 0 Å². The molecule has 1 unspecified atom stereocenters. The molecule has 0 saturated carbocycles. The number of aromatic nitrogens is 1. The lowest BCUT2D eigenvalue weighted by atomic mass is 10.1. The summed E-state index contributed by atoms with van der Waals surface area (Å²) in [4.78, 5) is 6.87. The van der Waals surface area contributed by atoms with Crippen LogP contribution >= 0.6 is 11.6 Å². The highest BCUT2D eigenvalue weighted by atomic mass is 35.5. The van der Waals surface area contributed by atoms with Gasteiger partial charge >= 0.3 is 0 Å². The van der Waals surface area contributed by atoms with Crippen LogP contribution in [0.4, 0.5) is 5.82 Å². The highest BCUT2D eigenvalue weighted by molar-refractivity contribution is 6.33. The lowest BCUT2D eigenvalue weighted by Crippen LogP contribution is -2.35. The van der Waals surface area contributed by atoms with Gasteiger partial charge in [0.05, 0.1) is 5.02 Å². The monoisotopic (exact) mass is 281 g/mol. The molecule has 1 N–H and O–H groups in total. The van der Waals surface area contributed by atoms with Crippen LogP contribution in [0.3, 0.4) is 0 Å². The van der Waals surface area contributed by atoms with E-state index in [0.717, 1.165) is 29.5 Å². The second kappa shape index (κ2) is 5.68. The second-order valence-corrected chi connectivity index (χ2v) is 6.84. The van der Waals surface area contributed by atoms with Gasteiger partial charge < -0.3 is 10.2 Å². The van der Waals surface area contributed by atoms with Crippen LogP contribution in [-0.4, -0.2) is 23.1 Å². The molecule has 0 bridgehead atoms. The Labute approximate surface area is 121 Å². The Balaban J connectivity index is 2.09. The van der Waals surface area contributed by atoms with Crippen molar-refractivity contribution in [1.29, 1.82) is 0 Å². The Morgan fingerprint density at radius 3 is 2.74 bits per heavy atom. The van der Waals surface area contributed by atoms with E-state index in [1.165, 1.54) is 12.8 Å². The summed E-state index contributed by atoms with van der Waals surface area (Å²) in [6.45, 7) is 10.6. The smallest absolute Gasteiger partial charge is 0.147 e. The van der Waals surface area contributed by atoms with Gasteiger partial charge in [0.1, 0.15) is 5.82 Å². The lowest BCUT2D eigenvalue weighted by Gasteiger charge is -2.24. The highest BCUT2D eigenvalue weighted by Gasteiger charge is 2.23. The molecule has 106 valence electrons. The van der Waals surface area contributed by atoms with E-state index in [1.54, 1.807) is 0 Å². The molecule has 0 spiro atoms. The molecule has 1 aliphatic heterocycles. The molecule has 1 saturated heterocycles. The summed E-state index contributed by atoms with van der Waals surface area (Å²) in [5.41, 5.74) is 1.24. The molecule has 19 heavy (non-hydrogen) atoms. The van der Waals surface area contributed by atoms with Crippen LogP contribution < -0.4 is 10.2 Å². The van der Waals surface area contributed by atoms with E-state index in [1.807, 2.05) is 12.3 Å². The Morgan fingerprint density at radius 1 is 1.47 bits per heavy atom. The van der Waals surface area contributed by atoms with E-state index < -0.39 is 0 Å². The van der Waals surface area contributed by atoms with Crippen molar-refractivity contribution in [3.05, 3.63) is 22.8 Å². The first-order valence-electron chi connectivity index (χ1n) is 7.03. The molecule has 1 aromatic rings. The zero-order valence-electron chi connectivity index (χ0n) is 12.3. The molecule has 0 aromatic carbocycles. The van der Waals surface area contributed by atoms with Crippen LogP contribution in [0.25, 0.3) is 0 Å². The van der Waals surface area contributed by atoms with Gasteiger partial charge in [0.2, 0.25) is 0 Å². The maximum absolute atomic E-state index is 6.39. The van der Waals surface area contributed by atoms with Crippen LogP contribution in [0.1, 0.15) is 46.1 Å². The SMILES string of the molecule is CC1CCCN1c1ncc(CNC(C)(C)C)cc1Cl. The average molecular weight is 282 g/mol. The Hall–Kier alpha value is -0.800. The van der Waals surface area contributed by atoms with E-state index >= 15 is 0 Å². The van der Waals surface area contributed by atoms with Gasteiger partial charge in [0, 0.05) is 30.9 Å². The number of hydrogen-bond acceptors (Lipinski definition) is 3. The number of nitrogens with one attached hydrogen (secondary N) is 1. The third kappa shape index (κ3) is 3.83. The van der Waals surface area contributed by atoms with Crippen molar-refractivity contribution in [2.75, 3.05) is 11.4 Å². The molecule has 0 amide bonds. The van der Waals surface area contributed by atoms with Crippen molar-refractivity contribution in [3.8, 4) is 0 Å². The van der Waals surface area contributed by atoms with Crippen molar-refractivity contribution < 1.29 is 0 Å². The number of hydrogen-bond donors (Lipinski definition) is 1. The van der Waals surface area contributed by atoms with Crippen LogP contribution in [-0.2, 0) is 6.54 Å². The van der Waals surface area contributed by atoms with Gasteiger partial charge in [0.25, 0.3) is 0 Å². The summed E-state index contributed by atoms with van der Waals surface area (Å²) in [5.74, 6) is 0.936. The zero-order chi connectivity index (χ0) is 14.0. The average Bonchev–Trinajstić information content (AvgIpc) is 2.72. The molecule has 2 heterocycles. The highest BCUT2D eigenvalue weighted by Crippen LogP contribution is 2.30. The first kappa shape index (κ1) is 14.6. The number of nitrogens with zero attached hydrogens (tertiary/aromatic N) is 2. The standard InChI is InChI=1S/C15H24ClN3/c1-11-6-5-7-19(11)14-13(16)8-12(9-17-14)10-18-15(2,3)4/h8-9,11,18H,5-7,10H2,1-4H3. The summed E-state index contributed by atoms with van der Waals surface area (Å²) in [6.07, 6.45) is 4.39. The first-order valence-corrected chi connectivity index (χ1v) is 7.41. The molecular weight excluding hydrogens is 258 g/mol. The topological polar surface area (TPSA) is 28.2 Å². The van der Waals surface area contributed by atoms with Crippen LogP contribution in [0.15, 0.2) is 12.3 Å². The molecule has 1 aliphatic rings. The summed E-state index contributed by atoms with van der Waals surface area (Å²) in [7, 11) is 0. The van der Waals surface area contributed by atoms with E-state index in [9.17, 15) is 0 Å². The fourth-order valence-corrected chi connectivity index (χ4v) is 2.69.